The highest BCUT2D eigenvalue weighted by molar-refractivity contribution is 6.02. The summed E-state index contributed by atoms with van der Waals surface area (Å²) in [7, 11) is 0. The number of aromatic nitrogens is 5. The topological polar surface area (TPSA) is 109 Å². The number of morpholine rings is 1. The van der Waals surface area contributed by atoms with Crippen LogP contribution in [0.3, 0.4) is 0 Å². The summed E-state index contributed by atoms with van der Waals surface area (Å²) in [6.45, 7) is 3.57. The maximum Gasteiger partial charge on any atom is 0.250 e. The van der Waals surface area contributed by atoms with Crippen LogP contribution in [0.5, 0.6) is 0 Å². The van der Waals surface area contributed by atoms with Crippen LogP contribution in [0.25, 0.3) is 22.6 Å². The molecule has 0 radical (unpaired) electrons. The van der Waals surface area contributed by atoms with Gasteiger partial charge in [0.15, 0.2) is 17.5 Å². The van der Waals surface area contributed by atoms with E-state index < -0.39 is 0 Å². The Labute approximate surface area is 156 Å². The quantitative estimate of drug-likeness (QED) is 0.710. The molecular formula is C18H19N7O2. The maximum atomic E-state index is 12.2. The van der Waals surface area contributed by atoms with Gasteiger partial charge in [0, 0.05) is 19.1 Å². The lowest BCUT2D eigenvalue weighted by molar-refractivity contribution is -0.120. The molecule has 1 fully saturated rings. The fraction of sp³-hybridized carbons (Fsp3) is 0.278. The molecule has 1 amide bonds. The third-order valence-corrected chi connectivity index (χ3v) is 4.89. The minimum atomic E-state index is -0.356. The molecule has 3 aromatic rings. The summed E-state index contributed by atoms with van der Waals surface area (Å²) in [6, 6.07) is 5.66. The second kappa shape index (κ2) is 6.13. The minimum Gasteiger partial charge on any atom is -0.377 e. The SMILES string of the molecule is Cc1cc(-c2ncn[nH]2)ccc1-c1cnc2c(n1)N1CCOCC1C(=O)N2.[HH]. The molecule has 0 saturated carbocycles. The molecule has 2 aliphatic rings. The minimum absolute atomic E-state index is 0. The molecule has 1 atom stereocenters. The first-order valence-electron chi connectivity index (χ1n) is 8.70. The Morgan fingerprint density at radius 3 is 3.07 bits per heavy atom. The van der Waals surface area contributed by atoms with Gasteiger partial charge in [0.05, 0.1) is 25.1 Å². The molecular weight excluding hydrogens is 346 g/mol. The summed E-state index contributed by atoms with van der Waals surface area (Å²) in [6.07, 6.45) is 3.18. The van der Waals surface area contributed by atoms with Crippen molar-refractivity contribution in [1.82, 2.24) is 25.1 Å². The predicted molar refractivity (Wildman–Crippen MR) is 100 cm³/mol. The van der Waals surface area contributed by atoms with Crippen LogP contribution in [0.4, 0.5) is 11.6 Å². The number of hydrogen-bond donors (Lipinski definition) is 2. The average Bonchev–Trinajstić information content (AvgIpc) is 3.23. The number of fused-ring (bicyclic) bond motifs is 3. The fourth-order valence-electron chi connectivity index (χ4n) is 3.51. The largest absolute Gasteiger partial charge is 0.377 e. The highest BCUT2D eigenvalue weighted by Crippen LogP contribution is 2.33. The van der Waals surface area contributed by atoms with E-state index >= 15 is 0 Å². The van der Waals surface area contributed by atoms with Gasteiger partial charge in [-0.05, 0) is 18.6 Å². The number of carbonyl (C=O) groups excluding carboxylic acids is 1. The van der Waals surface area contributed by atoms with Crippen molar-refractivity contribution >= 4 is 17.5 Å². The first kappa shape index (κ1) is 15.9. The van der Waals surface area contributed by atoms with Gasteiger partial charge in [0.2, 0.25) is 0 Å². The van der Waals surface area contributed by atoms with Gasteiger partial charge in [-0.1, -0.05) is 12.1 Å². The lowest BCUT2D eigenvalue weighted by Crippen LogP contribution is -2.55. The highest BCUT2D eigenvalue weighted by Gasteiger charge is 2.37. The van der Waals surface area contributed by atoms with Crippen LogP contribution < -0.4 is 10.2 Å². The molecule has 0 spiro atoms. The van der Waals surface area contributed by atoms with Crippen LogP contribution in [-0.4, -0.2) is 56.9 Å². The number of hydrogen-bond acceptors (Lipinski definition) is 7. The van der Waals surface area contributed by atoms with E-state index in [0.29, 0.717) is 31.4 Å². The molecule has 9 heteroatoms. The zero-order valence-electron chi connectivity index (χ0n) is 14.6. The Kier molecular flexibility index (Phi) is 3.61. The summed E-state index contributed by atoms with van der Waals surface area (Å²) in [5.74, 6) is 1.81. The molecule has 1 saturated heterocycles. The first-order valence-corrected chi connectivity index (χ1v) is 8.70. The van der Waals surface area contributed by atoms with Crippen molar-refractivity contribution in [2.75, 3.05) is 30.0 Å². The maximum absolute atomic E-state index is 12.2. The first-order chi connectivity index (χ1) is 13.2. The Morgan fingerprint density at radius 2 is 2.26 bits per heavy atom. The molecule has 1 aromatic carbocycles. The number of nitrogens with one attached hydrogen (secondary N) is 2. The van der Waals surface area contributed by atoms with E-state index in [1.165, 1.54) is 6.33 Å². The van der Waals surface area contributed by atoms with E-state index in [1.807, 2.05) is 30.0 Å². The van der Waals surface area contributed by atoms with E-state index in [-0.39, 0.29) is 13.4 Å². The molecule has 2 aromatic heterocycles. The molecule has 0 aliphatic carbocycles. The van der Waals surface area contributed by atoms with Gasteiger partial charge in [0.25, 0.3) is 5.91 Å². The normalized spacial score (nSPS) is 18.6. The molecule has 4 heterocycles. The summed E-state index contributed by atoms with van der Waals surface area (Å²) in [4.78, 5) is 27.7. The van der Waals surface area contributed by atoms with Crippen LogP contribution in [0.1, 0.15) is 6.99 Å². The van der Waals surface area contributed by atoms with Crippen molar-refractivity contribution < 1.29 is 11.0 Å². The molecule has 27 heavy (non-hydrogen) atoms. The van der Waals surface area contributed by atoms with Gasteiger partial charge in [-0.2, -0.15) is 5.10 Å². The lowest BCUT2D eigenvalue weighted by Gasteiger charge is -2.39. The molecule has 138 valence electrons. The van der Waals surface area contributed by atoms with Crippen molar-refractivity contribution in [2.45, 2.75) is 13.0 Å². The van der Waals surface area contributed by atoms with Gasteiger partial charge in [0.1, 0.15) is 12.4 Å². The number of H-pyrrole nitrogens is 1. The second-order valence-corrected chi connectivity index (χ2v) is 6.56. The van der Waals surface area contributed by atoms with Crippen LogP contribution in [0.15, 0.2) is 30.7 Å². The van der Waals surface area contributed by atoms with Crippen LogP contribution in [0.2, 0.25) is 0 Å². The Morgan fingerprint density at radius 1 is 1.33 bits per heavy atom. The molecule has 9 nitrogen and oxygen atoms in total. The van der Waals surface area contributed by atoms with Crippen molar-refractivity contribution in [2.24, 2.45) is 0 Å². The zero-order chi connectivity index (χ0) is 18.4. The number of rotatable bonds is 2. The van der Waals surface area contributed by atoms with Gasteiger partial charge in [-0.25, -0.2) is 15.0 Å². The molecule has 0 bridgehead atoms. The number of benzene rings is 1. The second-order valence-electron chi connectivity index (χ2n) is 6.56. The average molecular weight is 365 g/mol. The van der Waals surface area contributed by atoms with Gasteiger partial charge < -0.3 is 15.0 Å². The summed E-state index contributed by atoms with van der Waals surface area (Å²) in [5, 5.41) is 9.59. The third-order valence-electron chi connectivity index (χ3n) is 4.89. The van der Waals surface area contributed by atoms with E-state index in [4.69, 9.17) is 9.72 Å². The molecule has 1 unspecified atom stereocenters. The molecule has 2 N–H and O–H groups in total. The number of carbonyl (C=O) groups is 1. The highest BCUT2D eigenvalue weighted by atomic mass is 16.5. The number of amides is 1. The van der Waals surface area contributed by atoms with Crippen LogP contribution in [-0.2, 0) is 9.53 Å². The number of anilines is 2. The van der Waals surface area contributed by atoms with Crippen molar-refractivity contribution in [3.63, 3.8) is 0 Å². The summed E-state index contributed by atoms with van der Waals surface area (Å²) >= 11 is 0. The van der Waals surface area contributed by atoms with E-state index in [2.05, 4.69) is 25.5 Å². The van der Waals surface area contributed by atoms with Gasteiger partial charge in [-0.3, -0.25) is 9.89 Å². The zero-order valence-corrected chi connectivity index (χ0v) is 14.6. The number of nitrogens with zero attached hydrogens (tertiary/aromatic N) is 5. The van der Waals surface area contributed by atoms with Crippen molar-refractivity contribution in [1.29, 1.82) is 0 Å². The van der Waals surface area contributed by atoms with Gasteiger partial charge in [-0.15, -0.1) is 0 Å². The molecule has 2 aliphatic heterocycles. The smallest absolute Gasteiger partial charge is 0.250 e. The monoisotopic (exact) mass is 365 g/mol. The van der Waals surface area contributed by atoms with Crippen molar-refractivity contribution in [3.8, 4) is 22.6 Å². The number of aryl methyl sites for hydroxylation is 1. The summed E-state index contributed by atoms with van der Waals surface area (Å²) < 4.78 is 5.44. The number of ether oxygens (including phenoxy) is 1. The van der Waals surface area contributed by atoms with Crippen molar-refractivity contribution in [3.05, 3.63) is 36.3 Å². The Balaban J connectivity index is 0.00000192. The third kappa shape index (κ3) is 2.63. The van der Waals surface area contributed by atoms with E-state index in [9.17, 15) is 4.79 Å². The standard InChI is InChI=1S/C18H17N7O2.H2/c1-10-6-11(15-20-9-21-24-15)2-3-12(10)13-7-19-16-17(22-13)25-4-5-27-8-14(25)18(26)23-16;/h2-3,6-7,9,14H,4-5,8H2,1H3,(H,19,23,26)(H,20,21,24);1H. The molecule has 5 rings (SSSR count). The predicted octanol–water partition coefficient (Wildman–Crippen LogP) is 1.64. The lowest BCUT2D eigenvalue weighted by atomic mass is 10.0. The Hall–Kier alpha value is -3.33. The number of aromatic amines is 1. The van der Waals surface area contributed by atoms with Gasteiger partial charge >= 0.3 is 0 Å². The summed E-state index contributed by atoms with van der Waals surface area (Å²) in [5.41, 5.74) is 3.75. The van der Waals surface area contributed by atoms with E-state index in [0.717, 1.165) is 28.2 Å². The van der Waals surface area contributed by atoms with Crippen LogP contribution in [0, 0.1) is 6.92 Å². The van der Waals surface area contributed by atoms with Crippen LogP contribution >= 0.6 is 0 Å². The fourth-order valence-corrected chi connectivity index (χ4v) is 3.51. The Bertz CT molecular complexity index is 1020. The van der Waals surface area contributed by atoms with E-state index in [1.54, 1.807) is 6.20 Å².